The molecule has 0 N–H and O–H groups in total. The standard InChI is InChI=1S/C21H21Cl2N3O2/c1-14-5-6-16(23)12-18(14)24-7-9-25(10-8-24)19-13-20(27)26(21(19)28)17-4-2-3-15(22)11-17/h2-6,11-12,19H,7-10,13H2,1H3/t19-/m1/s1. The molecule has 2 saturated heterocycles. The zero-order valence-electron chi connectivity index (χ0n) is 15.6. The van der Waals surface area contributed by atoms with Crippen molar-refractivity contribution in [1.82, 2.24) is 4.90 Å². The molecule has 0 aromatic heterocycles. The molecular formula is C21H21Cl2N3O2. The lowest BCUT2D eigenvalue weighted by atomic mass is 10.1. The molecule has 7 heteroatoms. The number of carbonyl (C=O) groups excluding carboxylic acids is 2. The smallest absolute Gasteiger partial charge is 0.251 e. The monoisotopic (exact) mass is 417 g/mol. The van der Waals surface area contributed by atoms with Crippen molar-refractivity contribution in [2.24, 2.45) is 0 Å². The molecular weight excluding hydrogens is 397 g/mol. The van der Waals surface area contributed by atoms with E-state index < -0.39 is 6.04 Å². The van der Waals surface area contributed by atoms with E-state index in [2.05, 4.69) is 16.7 Å². The summed E-state index contributed by atoms with van der Waals surface area (Å²) in [6, 6.07) is 12.4. The summed E-state index contributed by atoms with van der Waals surface area (Å²) in [6.45, 7) is 5.09. The van der Waals surface area contributed by atoms with Crippen molar-refractivity contribution >= 4 is 46.4 Å². The summed E-state index contributed by atoms with van der Waals surface area (Å²) >= 11 is 12.2. The number of halogens is 2. The number of hydrogen-bond donors (Lipinski definition) is 0. The molecule has 0 bridgehead atoms. The number of benzene rings is 2. The van der Waals surface area contributed by atoms with E-state index in [0.29, 0.717) is 10.7 Å². The van der Waals surface area contributed by atoms with Crippen LogP contribution in [-0.2, 0) is 9.59 Å². The Morgan fingerprint density at radius 3 is 2.36 bits per heavy atom. The van der Waals surface area contributed by atoms with E-state index in [0.717, 1.165) is 36.9 Å². The van der Waals surface area contributed by atoms with Crippen LogP contribution >= 0.6 is 23.2 Å². The minimum atomic E-state index is -0.408. The maximum absolute atomic E-state index is 13.0. The van der Waals surface area contributed by atoms with Crippen molar-refractivity contribution in [3.63, 3.8) is 0 Å². The third kappa shape index (κ3) is 3.62. The third-order valence-corrected chi connectivity index (χ3v) is 5.93. The van der Waals surface area contributed by atoms with E-state index in [9.17, 15) is 9.59 Å². The summed E-state index contributed by atoms with van der Waals surface area (Å²) in [7, 11) is 0. The van der Waals surface area contributed by atoms with E-state index in [1.807, 2.05) is 18.2 Å². The lowest BCUT2D eigenvalue weighted by Gasteiger charge is -2.38. The average Bonchev–Trinajstić information content (AvgIpc) is 2.98. The van der Waals surface area contributed by atoms with Crippen LogP contribution in [0.5, 0.6) is 0 Å². The van der Waals surface area contributed by atoms with Crippen LogP contribution in [0.4, 0.5) is 11.4 Å². The number of rotatable bonds is 3. The second-order valence-corrected chi connectivity index (χ2v) is 8.09. The van der Waals surface area contributed by atoms with Gasteiger partial charge in [-0.1, -0.05) is 35.3 Å². The highest BCUT2D eigenvalue weighted by atomic mass is 35.5. The van der Waals surface area contributed by atoms with Crippen LogP contribution in [0.25, 0.3) is 0 Å². The molecule has 146 valence electrons. The molecule has 2 amide bonds. The zero-order valence-corrected chi connectivity index (χ0v) is 17.1. The normalized spacial score (nSPS) is 20.9. The van der Waals surface area contributed by atoms with Gasteiger partial charge in [-0.05, 0) is 42.8 Å². The van der Waals surface area contributed by atoms with Gasteiger partial charge in [0.25, 0.3) is 5.91 Å². The van der Waals surface area contributed by atoms with Crippen molar-refractivity contribution < 1.29 is 9.59 Å². The van der Waals surface area contributed by atoms with Gasteiger partial charge in [0.05, 0.1) is 18.2 Å². The largest absolute Gasteiger partial charge is 0.369 e. The highest BCUT2D eigenvalue weighted by Crippen LogP contribution is 2.30. The summed E-state index contributed by atoms with van der Waals surface area (Å²) in [5.74, 6) is -0.343. The number of aryl methyl sites for hydroxylation is 1. The summed E-state index contributed by atoms with van der Waals surface area (Å²) in [6.07, 6.45) is 0.210. The molecule has 2 aliphatic rings. The molecule has 2 heterocycles. The Morgan fingerprint density at radius 2 is 1.64 bits per heavy atom. The second-order valence-electron chi connectivity index (χ2n) is 7.22. The van der Waals surface area contributed by atoms with Crippen LogP contribution in [0.15, 0.2) is 42.5 Å². The van der Waals surface area contributed by atoms with Gasteiger partial charge in [-0.3, -0.25) is 14.5 Å². The van der Waals surface area contributed by atoms with Gasteiger partial charge < -0.3 is 4.90 Å². The van der Waals surface area contributed by atoms with Crippen molar-refractivity contribution in [3.8, 4) is 0 Å². The number of hydrogen-bond acceptors (Lipinski definition) is 4. The van der Waals surface area contributed by atoms with Crippen LogP contribution < -0.4 is 9.80 Å². The molecule has 0 spiro atoms. The van der Waals surface area contributed by atoms with E-state index in [4.69, 9.17) is 23.2 Å². The molecule has 5 nitrogen and oxygen atoms in total. The Morgan fingerprint density at radius 1 is 0.929 bits per heavy atom. The average molecular weight is 418 g/mol. The SMILES string of the molecule is Cc1ccc(Cl)cc1N1CCN([C@@H]2CC(=O)N(c3cccc(Cl)c3)C2=O)CC1. The number of piperazine rings is 1. The molecule has 1 atom stereocenters. The number of carbonyl (C=O) groups is 2. The van der Waals surface area contributed by atoms with Gasteiger partial charge in [-0.2, -0.15) is 0 Å². The third-order valence-electron chi connectivity index (χ3n) is 5.46. The Bertz CT molecular complexity index is 926. The first kappa shape index (κ1) is 19.2. The van der Waals surface area contributed by atoms with Crippen LogP contribution in [-0.4, -0.2) is 48.9 Å². The van der Waals surface area contributed by atoms with Gasteiger partial charge in [0.15, 0.2) is 0 Å². The quantitative estimate of drug-likeness (QED) is 0.713. The Kier molecular flexibility index (Phi) is 5.32. The van der Waals surface area contributed by atoms with Crippen molar-refractivity contribution in [1.29, 1.82) is 0 Å². The van der Waals surface area contributed by atoms with Crippen molar-refractivity contribution in [2.75, 3.05) is 36.0 Å². The number of amides is 2. The van der Waals surface area contributed by atoms with Gasteiger partial charge in [0.2, 0.25) is 5.91 Å². The van der Waals surface area contributed by atoms with Gasteiger partial charge in [-0.25, -0.2) is 4.90 Å². The number of anilines is 2. The summed E-state index contributed by atoms with van der Waals surface area (Å²) in [5.41, 5.74) is 2.84. The minimum Gasteiger partial charge on any atom is -0.369 e. The van der Waals surface area contributed by atoms with E-state index in [-0.39, 0.29) is 18.2 Å². The van der Waals surface area contributed by atoms with Crippen LogP contribution in [0, 0.1) is 6.92 Å². The van der Waals surface area contributed by atoms with E-state index in [1.54, 1.807) is 24.3 Å². The highest BCUT2D eigenvalue weighted by Gasteiger charge is 2.43. The maximum Gasteiger partial charge on any atom is 0.251 e. The number of nitrogens with zero attached hydrogens (tertiary/aromatic N) is 3. The first-order valence-electron chi connectivity index (χ1n) is 9.31. The molecule has 4 rings (SSSR count). The van der Waals surface area contributed by atoms with Gasteiger partial charge >= 0.3 is 0 Å². The number of imide groups is 1. The second kappa shape index (κ2) is 7.74. The Labute approximate surface area is 174 Å². The fourth-order valence-electron chi connectivity index (χ4n) is 3.99. The highest BCUT2D eigenvalue weighted by molar-refractivity contribution is 6.31. The molecule has 2 fully saturated rings. The lowest BCUT2D eigenvalue weighted by Crippen LogP contribution is -2.52. The molecule has 0 unspecified atom stereocenters. The molecule has 0 saturated carbocycles. The van der Waals surface area contributed by atoms with Crippen molar-refractivity contribution in [3.05, 3.63) is 58.1 Å². The summed E-state index contributed by atoms with van der Waals surface area (Å²) in [5, 5.41) is 1.23. The van der Waals surface area contributed by atoms with Crippen LogP contribution in [0.2, 0.25) is 10.0 Å². The predicted molar refractivity (Wildman–Crippen MR) is 112 cm³/mol. The summed E-state index contributed by atoms with van der Waals surface area (Å²) < 4.78 is 0. The van der Waals surface area contributed by atoms with E-state index in [1.165, 1.54) is 10.5 Å². The molecule has 2 aromatic rings. The van der Waals surface area contributed by atoms with Crippen LogP contribution in [0.1, 0.15) is 12.0 Å². The zero-order chi connectivity index (χ0) is 19.8. The first-order chi connectivity index (χ1) is 13.4. The Hall–Kier alpha value is -2.08. The van der Waals surface area contributed by atoms with Gasteiger partial charge in [0.1, 0.15) is 0 Å². The minimum absolute atomic E-state index is 0.167. The van der Waals surface area contributed by atoms with Gasteiger partial charge in [0, 0.05) is 41.9 Å². The Balaban J connectivity index is 1.46. The molecule has 2 aromatic carbocycles. The molecule has 0 aliphatic carbocycles. The maximum atomic E-state index is 13.0. The lowest BCUT2D eigenvalue weighted by molar-refractivity contribution is -0.123. The molecule has 2 aliphatic heterocycles. The first-order valence-corrected chi connectivity index (χ1v) is 10.1. The van der Waals surface area contributed by atoms with Crippen molar-refractivity contribution in [2.45, 2.75) is 19.4 Å². The topological polar surface area (TPSA) is 43.9 Å². The van der Waals surface area contributed by atoms with Crippen LogP contribution in [0.3, 0.4) is 0 Å². The predicted octanol–water partition coefficient (Wildman–Crippen LogP) is 3.76. The van der Waals surface area contributed by atoms with Gasteiger partial charge in [-0.15, -0.1) is 0 Å². The fourth-order valence-corrected chi connectivity index (χ4v) is 4.34. The molecule has 28 heavy (non-hydrogen) atoms. The van der Waals surface area contributed by atoms with E-state index >= 15 is 0 Å². The molecule has 0 radical (unpaired) electrons. The fraction of sp³-hybridized carbons (Fsp3) is 0.333. The summed E-state index contributed by atoms with van der Waals surface area (Å²) in [4.78, 5) is 31.2.